The minimum atomic E-state index is -2.38. The van der Waals surface area contributed by atoms with Crippen LogP contribution in [0.3, 0.4) is 0 Å². The molecule has 0 bridgehead atoms. The molecule has 0 aromatic rings. The molecule has 1 rings (SSSR count). The van der Waals surface area contributed by atoms with E-state index in [0.717, 1.165) is 0 Å². The maximum Gasteiger partial charge on any atom is 0.248 e. The van der Waals surface area contributed by atoms with Gasteiger partial charge in [0.05, 0.1) is 0 Å². The lowest BCUT2D eigenvalue weighted by atomic mass is 9.92. The fraction of sp³-hybridized carbons (Fsp3) is 1.00. The molecule has 1 N–H and O–H groups in total. The van der Waals surface area contributed by atoms with Crippen LogP contribution < -0.4 is 5.32 Å². The summed E-state index contributed by atoms with van der Waals surface area (Å²) in [6.07, 6.45) is 1.34. The molecule has 1 nitrogen and oxygen atoms in total. The Labute approximate surface area is 72.0 Å². The molecular weight excluding hydrogens is 172 g/mol. The molecule has 1 saturated carbocycles. The second kappa shape index (κ2) is 4.21. The van der Waals surface area contributed by atoms with E-state index in [4.69, 9.17) is 0 Å². The molecule has 1 fully saturated rings. The van der Waals surface area contributed by atoms with Crippen LogP contribution in [0.25, 0.3) is 0 Å². The Hall–Kier alpha value is 0.110. The second-order valence-corrected chi connectivity index (χ2v) is 2.92. The number of rotatable bonds is 1. The topological polar surface area (TPSA) is 12.0 Å². The number of alkyl halides is 2. The number of hydrogen-bond acceptors (Lipinski definition) is 1. The molecular formula is C7H14ClF2N. The summed E-state index contributed by atoms with van der Waals surface area (Å²) in [4.78, 5) is 0. The van der Waals surface area contributed by atoms with Gasteiger partial charge in [0, 0.05) is 18.9 Å². The molecule has 1 aliphatic rings. The third-order valence-electron chi connectivity index (χ3n) is 2.13. The second-order valence-electron chi connectivity index (χ2n) is 2.92. The van der Waals surface area contributed by atoms with Crippen LogP contribution in [0, 0.1) is 0 Å². The minimum Gasteiger partial charge on any atom is -0.317 e. The monoisotopic (exact) mass is 185 g/mol. The van der Waals surface area contributed by atoms with E-state index in [0.29, 0.717) is 18.9 Å². The van der Waals surface area contributed by atoms with E-state index < -0.39 is 5.92 Å². The van der Waals surface area contributed by atoms with E-state index in [1.54, 1.807) is 0 Å². The van der Waals surface area contributed by atoms with Crippen molar-refractivity contribution in [3.8, 4) is 0 Å². The number of halogens is 3. The van der Waals surface area contributed by atoms with Crippen LogP contribution in [0.2, 0.25) is 0 Å². The zero-order valence-electron chi connectivity index (χ0n) is 6.57. The zero-order chi connectivity index (χ0) is 7.61. The summed E-state index contributed by atoms with van der Waals surface area (Å²) in [6, 6.07) is 0.319. The molecule has 0 aliphatic heterocycles. The van der Waals surface area contributed by atoms with Crippen molar-refractivity contribution in [2.24, 2.45) is 0 Å². The third-order valence-corrected chi connectivity index (χ3v) is 2.13. The largest absolute Gasteiger partial charge is 0.317 e. The SMILES string of the molecule is CNC1CCC(F)(F)CC1.Cl. The highest BCUT2D eigenvalue weighted by Gasteiger charge is 2.34. The van der Waals surface area contributed by atoms with Crippen molar-refractivity contribution >= 4 is 12.4 Å². The molecule has 4 heteroatoms. The highest BCUT2D eigenvalue weighted by Crippen LogP contribution is 2.32. The summed E-state index contributed by atoms with van der Waals surface area (Å²) in [5.74, 6) is -2.38. The van der Waals surface area contributed by atoms with Gasteiger partial charge in [0.1, 0.15) is 0 Å². The predicted molar refractivity (Wildman–Crippen MR) is 43.5 cm³/mol. The molecule has 0 unspecified atom stereocenters. The Morgan fingerprint density at radius 1 is 1.27 bits per heavy atom. The molecule has 1 aliphatic carbocycles. The fourth-order valence-corrected chi connectivity index (χ4v) is 1.33. The fourth-order valence-electron chi connectivity index (χ4n) is 1.33. The first-order chi connectivity index (χ1) is 4.64. The van der Waals surface area contributed by atoms with Gasteiger partial charge in [0.15, 0.2) is 0 Å². The summed E-state index contributed by atoms with van der Waals surface area (Å²) in [6.45, 7) is 0. The van der Waals surface area contributed by atoms with Crippen molar-refractivity contribution < 1.29 is 8.78 Å². The van der Waals surface area contributed by atoms with Crippen molar-refractivity contribution in [1.29, 1.82) is 0 Å². The number of hydrogen-bond donors (Lipinski definition) is 1. The standard InChI is InChI=1S/C7H13F2N.ClH/c1-10-6-2-4-7(8,9)5-3-6;/h6,10H,2-5H2,1H3;1H. The molecule has 0 spiro atoms. The minimum absolute atomic E-state index is 0. The average molecular weight is 186 g/mol. The molecule has 0 atom stereocenters. The zero-order valence-corrected chi connectivity index (χ0v) is 7.39. The molecule has 68 valence electrons. The quantitative estimate of drug-likeness (QED) is 0.661. The van der Waals surface area contributed by atoms with E-state index in [1.807, 2.05) is 7.05 Å². The molecule has 11 heavy (non-hydrogen) atoms. The average Bonchev–Trinajstić information content (AvgIpc) is 1.88. The van der Waals surface area contributed by atoms with Crippen molar-refractivity contribution in [3.05, 3.63) is 0 Å². The van der Waals surface area contributed by atoms with Crippen LogP contribution in [0.4, 0.5) is 8.78 Å². The lowest BCUT2D eigenvalue weighted by Crippen LogP contribution is -2.34. The van der Waals surface area contributed by atoms with Crippen LogP contribution >= 0.6 is 12.4 Å². The first kappa shape index (κ1) is 11.1. The van der Waals surface area contributed by atoms with E-state index in [2.05, 4.69) is 5.32 Å². The maximum atomic E-state index is 12.5. The van der Waals surface area contributed by atoms with Gasteiger partial charge < -0.3 is 5.32 Å². The van der Waals surface area contributed by atoms with Gasteiger partial charge in [-0.05, 0) is 19.9 Å². The van der Waals surface area contributed by atoms with Crippen molar-refractivity contribution in [2.75, 3.05) is 7.05 Å². The van der Waals surface area contributed by atoms with E-state index in [9.17, 15) is 8.78 Å². The summed E-state index contributed by atoms with van der Waals surface area (Å²) in [5.41, 5.74) is 0. The first-order valence-electron chi connectivity index (χ1n) is 3.69. The molecule has 0 aromatic heterocycles. The van der Waals surface area contributed by atoms with Gasteiger partial charge in [0.2, 0.25) is 5.92 Å². The van der Waals surface area contributed by atoms with Gasteiger partial charge in [-0.1, -0.05) is 0 Å². The predicted octanol–water partition coefficient (Wildman–Crippen LogP) is 2.21. The van der Waals surface area contributed by atoms with Crippen LogP contribution in [0.1, 0.15) is 25.7 Å². The molecule has 0 radical (unpaired) electrons. The normalized spacial score (nSPS) is 24.3. The van der Waals surface area contributed by atoms with Gasteiger partial charge in [-0.2, -0.15) is 0 Å². The van der Waals surface area contributed by atoms with Crippen molar-refractivity contribution in [1.82, 2.24) is 5.32 Å². The molecule has 0 saturated heterocycles. The Kier molecular flexibility index (Phi) is 4.26. The highest BCUT2D eigenvalue weighted by atomic mass is 35.5. The summed E-state index contributed by atoms with van der Waals surface area (Å²) in [5, 5.41) is 3.01. The Morgan fingerprint density at radius 2 is 1.73 bits per heavy atom. The van der Waals surface area contributed by atoms with Crippen molar-refractivity contribution in [3.63, 3.8) is 0 Å². The maximum absolute atomic E-state index is 12.5. The Bertz CT molecular complexity index is 109. The Morgan fingerprint density at radius 3 is 2.09 bits per heavy atom. The lowest BCUT2D eigenvalue weighted by molar-refractivity contribution is -0.0398. The van der Waals surface area contributed by atoms with Gasteiger partial charge >= 0.3 is 0 Å². The highest BCUT2D eigenvalue weighted by molar-refractivity contribution is 5.85. The summed E-state index contributed by atoms with van der Waals surface area (Å²) in [7, 11) is 1.83. The molecule has 0 heterocycles. The number of nitrogens with one attached hydrogen (secondary N) is 1. The van der Waals surface area contributed by atoms with Crippen LogP contribution in [-0.2, 0) is 0 Å². The smallest absolute Gasteiger partial charge is 0.248 e. The van der Waals surface area contributed by atoms with E-state index in [-0.39, 0.29) is 25.2 Å². The van der Waals surface area contributed by atoms with Crippen molar-refractivity contribution in [2.45, 2.75) is 37.6 Å². The molecule has 0 aromatic carbocycles. The van der Waals surface area contributed by atoms with E-state index >= 15 is 0 Å². The van der Waals surface area contributed by atoms with Gasteiger partial charge in [-0.25, -0.2) is 8.78 Å². The van der Waals surface area contributed by atoms with Crippen LogP contribution in [0.5, 0.6) is 0 Å². The van der Waals surface area contributed by atoms with Gasteiger partial charge in [-0.3, -0.25) is 0 Å². The van der Waals surface area contributed by atoms with E-state index in [1.165, 1.54) is 0 Å². The summed E-state index contributed by atoms with van der Waals surface area (Å²) < 4.78 is 25.0. The van der Waals surface area contributed by atoms with Gasteiger partial charge in [-0.15, -0.1) is 12.4 Å². The molecule has 0 amide bonds. The van der Waals surface area contributed by atoms with Crippen LogP contribution in [0.15, 0.2) is 0 Å². The summed E-state index contributed by atoms with van der Waals surface area (Å²) >= 11 is 0. The third kappa shape index (κ3) is 3.34. The first-order valence-corrected chi connectivity index (χ1v) is 3.69. The van der Waals surface area contributed by atoms with Gasteiger partial charge in [0.25, 0.3) is 0 Å². The van der Waals surface area contributed by atoms with Crippen LogP contribution in [-0.4, -0.2) is 19.0 Å². The Balaban J connectivity index is 0.000001000. The lowest BCUT2D eigenvalue weighted by Gasteiger charge is -2.27.